The lowest BCUT2D eigenvalue weighted by Gasteiger charge is -2.20. The first-order chi connectivity index (χ1) is 10.5. The highest BCUT2D eigenvalue weighted by atomic mass is 32.1. The van der Waals surface area contributed by atoms with E-state index in [4.69, 9.17) is 5.73 Å². The van der Waals surface area contributed by atoms with E-state index < -0.39 is 0 Å². The van der Waals surface area contributed by atoms with Crippen LogP contribution in [0.1, 0.15) is 36.2 Å². The van der Waals surface area contributed by atoms with Crippen molar-refractivity contribution < 1.29 is 0 Å². The molecule has 0 aliphatic rings. The second-order valence-electron chi connectivity index (χ2n) is 6.67. The normalized spacial score (nSPS) is 12.0. The molecule has 0 fully saturated rings. The standard InChI is InChI=1S/C18H27N3S/c1-18(2,3)16-13-20-17(22-16)14-21(12-10-19)11-9-15-7-5-4-6-8-15/h4-8,13H,9-12,14,19H2,1-3H3. The van der Waals surface area contributed by atoms with Crippen LogP contribution in [0.25, 0.3) is 0 Å². The number of nitrogens with zero attached hydrogens (tertiary/aromatic N) is 2. The highest BCUT2D eigenvalue weighted by Gasteiger charge is 2.18. The number of aromatic nitrogens is 1. The van der Waals surface area contributed by atoms with Crippen molar-refractivity contribution in [1.29, 1.82) is 0 Å². The molecular weight excluding hydrogens is 290 g/mol. The molecule has 0 unspecified atom stereocenters. The predicted molar refractivity (Wildman–Crippen MR) is 95.3 cm³/mol. The largest absolute Gasteiger partial charge is 0.329 e. The molecule has 1 heterocycles. The van der Waals surface area contributed by atoms with Crippen LogP contribution in [-0.4, -0.2) is 29.5 Å². The minimum Gasteiger partial charge on any atom is -0.329 e. The SMILES string of the molecule is CC(C)(C)c1cnc(CN(CCN)CCc2ccccc2)s1. The third-order valence-electron chi connectivity index (χ3n) is 3.66. The van der Waals surface area contributed by atoms with E-state index in [1.807, 2.05) is 17.5 Å². The summed E-state index contributed by atoms with van der Waals surface area (Å²) in [7, 11) is 0. The van der Waals surface area contributed by atoms with E-state index in [0.717, 1.165) is 26.1 Å². The fourth-order valence-electron chi connectivity index (χ4n) is 2.31. The fraction of sp³-hybridized carbons (Fsp3) is 0.500. The zero-order valence-corrected chi connectivity index (χ0v) is 14.7. The Hall–Kier alpha value is -1.23. The number of hydrogen-bond acceptors (Lipinski definition) is 4. The van der Waals surface area contributed by atoms with E-state index in [1.165, 1.54) is 15.4 Å². The number of nitrogens with two attached hydrogens (primary N) is 1. The van der Waals surface area contributed by atoms with Crippen molar-refractivity contribution in [3.05, 3.63) is 52.0 Å². The van der Waals surface area contributed by atoms with Gasteiger partial charge in [-0.1, -0.05) is 51.1 Å². The van der Waals surface area contributed by atoms with Gasteiger partial charge in [0, 0.05) is 30.7 Å². The molecule has 3 nitrogen and oxygen atoms in total. The Labute approximate surface area is 138 Å². The van der Waals surface area contributed by atoms with E-state index in [-0.39, 0.29) is 5.41 Å². The van der Waals surface area contributed by atoms with Crippen LogP contribution in [0.2, 0.25) is 0 Å². The van der Waals surface area contributed by atoms with Gasteiger partial charge in [0.05, 0.1) is 6.54 Å². The molecule has 0 aliphatic carbocycles. The third-order valence-corrected chi connectivity index (χ3v) is 5.06. The average molecular weight is 318 g/mol. The van der Waals surface area contributed by atoms with Crippen LogP contribution in [0.15, 0.2) is 36.5 Å². The summed E-state index contributed by atoms with van der Waals surface area (Å²) in [5, 5.41) is 1.19. The number of benzene rings is 1. The molecule has 1 aromatic heterocycles. The lowest BCUT2D eigenvalue weighted by molar-refractivity contribution is 0.276. The molecule has 0 amide bonds. The van der Waals surface area contributed by atoms with Crippen LogP contribution in [0, 0.1) is 0 Å². The molecule has 2 rings (SSSR count). The molecule has 120 valence electrons. The van der Waals surface area contributed by atoms with Gasteiger partial charge >= 0.3 is 0 Å². The minimum absolute atomic E-state index is 0.179. The maximum atomic E-state index is 5.77. The summed E-state index contributed by atoms with van der Waals surface area (Å²) in [5.41, 5.74) is 7.32. The van der Waals surface area contributed by atoms with Gasteiger partial charge < -0.3 is 5.73 Å². The van der Waals surface area contributed by atoms with E-state index in [9.17, 15) is 0 Å². The molecule has 0 saturated heterocycles. The van der Waals surface area contributed by atoms with Crippen LogP contribution in [0.4, 0.5) is 0 Å². The molecule has 1 aromatic carbocycles. The minimum atomic E-state index is 0.179. The molecule has 0 atom stereocenters. The summed E-state index contributed by atoms with van der Waals surface area (Å²) in [6, 6.07) is 10.6. The van der Waals surface area contributed by atoms with Gasteiger partial charge in [-0.2, -0.15) is 0 Å². The third kappa shape index (κ3) is 5.20. The van der Waals surface area contributed by atoms with Crippen molar-refractivity contribution in [3.63, 3.8) is 0 Å². The lowest BCUT2D eigenvalue weighted by Crippen LogP contribution is -2.31. The average Bonchev–Trinajstić information content (AvgIpc) is 2.95. The number of hydrogen-bond donors (Lipinski definition) is 1. The van der Waals surface area contributed by atoms with E-state index in [2.05, 4.69) is 61.0 Å². The van der Waals surface area contributed by atoms with Crippen molar-refractivity contribution in [1.82, 2.24) is 9.88 Å². The van der Waals surface area contributed by atoms with Gasteiger partial charge in [0.1, 0.15) is 5.01 Å². The smallest absolute Gasteiger partial charge is 0.107 e. The molecule has 0 bridgehead atoms. The Morgan fingerprint density at radius 2 is 1.86 bits per heavy atom. The van der Waals surface area contributed by atoms with Crippen molar-refractivity contribution in [3.8, 4) is 0 Å². The van der Waals surface area contributed by atoms with Gasteiger partial charge in [-0.15, -0.1) is 11.3 Å². The zero-order valence-electron chi connectivity index (χ0n) is 13.9. The van der Waals surface area contributed by atoms with Crippen molar-refractivity contribution in [2.45, 2.75) is 39.2 Å². The highest BCUT2D eigenvalue weighted by Crippen LogP contribution is 2.28. The van der Waals surface area contributed by atoms with Crippen molar-refractivity contribution in [2.75, 3.05) is 19.6 Å². The van der Waals surface area contributed by atoms with Crippen LogP contribution < -0.4 is 5.73 Å². The predicted octanol–water partition coefficient (Wildman–Crippen LogP) is 3.44. The van der Waals surface area contributed by atoms with Crippen molar-refractivity contribution in [2.24, 2.45) is 5.73 Å². The maximum absolute atomic E-state index is 5.77. The lowest BCUT2D eigenvalue weighted by atomic mass is 9.96. The summed E-state index contributed by atoms with van der Waals surface area (Å²) < 4.78 is 0. The summed E-state index contributed by atoms with van der Waals surface area (Å²) in [5.74, 6) is 0. The van der Waals surface area contributed by atoms with Gasteiger partial charge in [0.2, 0.25) is 0 Å². The first-order valence-electron chi connectivity index (χ1n) is 7.90. The summed E-state index contributed by atoms with van der Waals surface area (Å²) >= 11 is 1.82. The van der Waals surface area contributed by atoms with Crippen LogP contribution >= 0.6 is 11.3 Å². The molecule has 22 heavy (non-hydrogen) atoms. The van der Waals surface area contributed by atoms with Crippen LogP contribution in [0.5, 0.6) is 0 Å². The van der Waals surface area contributed by atoms with Crippen LogP contribution in [0.3, 0.4) is 0 Å². The Kier molecular flexibility index (Phi) is 6.12. The van der Waals surface area contributed by atoms with E-state index in [1.54, 1.807) is 0 Å². The summed E-state index contributed by atoms with van der Waals surface area (Å²) in [6.45, 7) is 10.2. The first kappa shape index (κ1) is 17.1. The summed E-state index contributed by atoms with van der Waals surface area (Å²) in [6.07, 6.45) is 3.08. The Bertz CT molecular complexity index is 557. The Balaban J connectivity index is 1.95. The van der Waals surface area contributed by atoms with Gasteiger partial charge in [-0.3, -0.25) is 4.90 Å². The highest BCUT2D eigenvalue weighted by molar-refractivity contribution is 7.11. The molecule has 0 aliphatic heterocycles. The molecule has 0 radical (unpaired) electrons. The van der Waals surface area contributed by atoms with Gasteiger partial charge in [-0.05, 0) is 17.4 Å². The van der Waals surface area contributed by atoms with Gasteiger partial charge in [-0.25, -0.2) is 4.98 Å². The van der Waals surface area contributed by atoms with Crippen LogP contribution in [-0.2, 0) is 18.4 Å². The zero-order chi connectivity index (χ0) is 16.0. The van der Waals surface area contributed by atoms with E-state index in [0.29, 0.717) is 6.54 Å². The Morgan fingerprint density at radius 1 is 1.14 bits per heavy atom. The topological polar surface area (TPSA) is 42.2 Å². The first-order valence-corrected chi connectivity index (χ1v) is 8.72. The van der Waals surface area contributed by atoms with Gasteiger partial charge in [0.15, 0.2) is 0 Å². The molecule has 4 heteroatoms. The second kappa shape index (κ2) is 7.86. The second-order valence-corrected chi connectivity index (χ2v) is 7.78. The number of thiazole rings is 1. The molecule has 2 N–H and O–H groups in total. The summed E-state index contributed by atoms with van der Waals surface area (Å²) in [4.78, 5) is 8.34. The number of rotatable bonds is 7. The fourth-order valence-corrected chi connectivity index (χ4v) is 3.32. The molecule has 0 spiro atoms. The maximum Gasteiger partial charge on any atom is 0.107 e. The van der Waals surface area contributed by atoms with Crippen molar-refractivity contribution >= 4 is 11.3 Å². The molecular formula is C18H27N3S. The molecule has 0 saturated carbocycles. The van der Waals surface area contributed by atoms with E-state index >= 15 is 0 Å². The van der Waals surface area contributed by atoms with Gasteiger partial charge in [0.25, 0.3) is 0 Å². The monoisotopic (exact) mass is 317 g/mol. The molecule has 2 aromatic rings. The quantitative estimate of drug-likeness (QED) is 0.850. The Morgan fingerprint density at radius 3 is 2.45 bits per heavy atom.